The summed E-state index contributed by atoms with van der Waals surface area (Å²) in [7, 11) is 0. The maximum atomic E-state index is 2.47. The first-order valence-electron chi connectivity index (χ1n) is 13.3. The zero-order valence-corrected chi connectivity index (χ0v) is 23.0. The quantitative estimate of drug-likeness (QED) is 0.239. The van der Waals surface area contributed by atoms with Gasteiger partial charge in [-0.1, -0.05) is 54.6 Å². The second-order valence-electron chi connectivity index (χ2n) is 10.6. The predicted octanol–water partition coefficient (Wildman–Crippen LogP) is 9.09. The van der Waals surface area contributed by atoms with Crippen molar-refractivity contribution in [1.82, 2.24) is 0 Å². The first-order valence-corrected chi connectivity index (χ1v) is 13.3. The van der Waals surface area contributed by atoms with Crippen LogP contribution in [0, 0.1) is 34.6 Å². The Kier molecular flexibility index (Phi) is 7.20. The monoisotopic (exact) mass is 464 g/mol. The lowest BCUT2D eigenvalue weighted by molar-refractivity contribution is -0.936. The molecule has 0 heterocycles. The number of aryl methyl sites for hydroxylation is 5. The normalized spacial score (nSPS) is 11.9. The molecule has 0 aliphatic heterocycles. The molecule has 0 N–H and O–H groups in total. The smallest absolute Gasteiger partial charge is 0.105 e. The first kappa shape index (κ1) is 25.2. The van der Waals surface area contributed by atoms with Gasteiger partial charge in [0.05, 0.1) is 19.6 Å². The van der Waals surface area contributed by atoms with Crippen molar-refractivity contribution in [2.45, 2.75) is 61.9 Å². The third-order valence-electron chi connectivity index (χ3n) is 8.35. The summed E-state index contributed by atoms with van der Waals surface area (Å²) in [5.74, 6) is 0. The van der Waals surface area contributed by atoms with E-state index in [2.05, 4.69) is 116 Å². The van der Waals surface area contributed by atoms with Crippen molar-refractivity contribution >= 4 is 10.8 Å². The molecule has 0 atom stereocenters. The zero-order chi connectivity index (χ0) is 25.3. The standard InChI is InChI=1S/C34H42N/c1-9-35(10-2,11-3)22-30-21-29(15-13-26(30)7)32-17-24(5)18-33-31(16-23(4)19-34(32)33)28-14-12-25(6)27(8)20-28/h12-21H,9-11,22H2,1-8H3/q+1. The minimum Gasteiger partial charge on any atom is -0.321 e. The number of quaternary nitrogens is 1. The van der Waals surface area contributed by atoms with Crippen molar-refractivity contribution in [2.24, 2.45) is 0 Å². The molecule has 0 unspecified atom stereocenters. The molecule has 0 aliphatic rings. The lowest BCUT2D eigenvalue weighted by Gasteiger charge is -2.36. The van der Waals surface area contributed by atoms with Crippen LogP contribution < -0.4 is 0 Å². The summed E-state index contributed by atoms with van der Waals surface area (Å²) < 4.78 is 1.13. The largest absolute Gasteiger partial charge is 0.321 e. The lowest BCUT2D eigenvalue weighted by atomic mass is 9.88. The van der Waals surface area contributed by atoms with Crippen LogP contribution in [-0.4, -0.2) is 24.1 Å². The maximum absolute atomic E-state index is 2.47. The molecule has 1 heteroatoms. The van der Waals surface area contributed by atoms with Crippen molar-refractivity contribution in [3.8, 4) is 22.3 Å². The molecule has 1 nitrogen and oxygen atoms in total. The van der Waals surface area contributed by atoms with Crippen molar-refractivity contribution in [3.05, 3.63) is 94.0 Å². The Hall–Kier alpha value is -2.90. The summed E-state index contributed by atoms with van der Waals surface area (Å²) >= 11 is 0. The zero-order valence-electron chi connectivity index (χ0n) is 23.0. The van der Waals surface area contributed by atoms with Gasteiger partial charge in [-0.2, -0.15) is 0 Å². The van der Waals surface area contributed by atoms with Crippen LogP contribution >= 0.6 is 0 Å². The van der Waals surface area contributed by atoms with E-state index in [4.69, 9.17) is 0 Å². The summed E-state index contributed by atoms with van der Waals surface area (Å²) in [5, 5.41) is 2.69. The number of rotatable bonds is 7. The molecule has 4 rings (SSSR count). The number of benzene rings is 4. The third-order valence-corrected chi connectivity index (χ3v) is 8.35. The molecule has 0 saturated carbocycles. The van der Waals surface area contributed by atoms with E-state index in [9.17, 15) is 0 Å². The molecule has 0 aromatic heterocycles. The molecule has 182 valence electrons. The van der Waals surface area contributed by atoms with E-state index < -0.39 is 0 Å². The van der Waals surface area contributed by atoms with Crippen LogP contribution in [0.2, 0.25) is 0 Å². The molecular weight excluding hydrogens is 422 g/mol. The van der Waals surface area contributed by atoms with Crippen LogP contribution in [0.4, 0.5) is 0 Å². The van der Waals surface area contributed by atoms with E-state index in [1.807, 2.05) is 0 Å². The average Bonchev–Trinajstić information content (AvgIpc) is 2.85. The average molecular weight is 465 g/mol. The Morgan fingerprint density at radius 1 is 0.514 bits per heavy atom. The van der Waals surface area contributed by atoms with Crippen molar-refractivity contribution in [2.75, 3.05) is 19.6 Å². The number of hydrogen-bond donors (Lipinski definition) is 0. The Labute approximate surface area is 213 Å². The number of hydrogen-bond acceptors (Lipinski definition) is 0. The van der Waals surface area contributed by atoms with E-state index in [0.717, 1.165) is 11.0 Å². The molecule has 0 radical (unpaired) electrons. The van der Waals surface area contributed by atoms with Crippen LogP contribution in [0.15, 0.2) is 60.7 Å². The van der Waals surface area contributed by atoms with Crippen LogP contribution in [0.25, 0.3) is 33.0 Å². The SMILES string of the molecule is CC[N+](CC)(CC)Cc1cc(-c2cc(C)cc3c(-c4ccc(C)c(C)c4)cc(C)cc23)ccc1C. The third kappa shape index (κ3) is 4.93. The molecule has 4 aromatic rings. The fraction of sp³-hybridized carbons (Fsp3) is 0.353. The minimum absolute atomic E-state index is 1.10. The lowest BCUT2D eigenvalue weighted by Crippen LogP contribution is -2.46. The molecule has 0 bridgehead atoms. The fourth-order valence-corrected chi connectivity index (χ4v) is 5.51. The highest BCUT2D eigenvalue weighted by Crippen LogP contribution is 2.38. The maximum Gasteiger partial charge on any atom is 0.105 e. The molecule has 4 aromatic carbocycles. The summed E-state index contributed by atoms with van der Waals surface area (Å²) in [4.78, 5) is 0. The van der Waals surface area contributed by atoms with Gasteiger partial charge in [0.25, 0.3) is 0 Å². The minimum atomic E-state index is 1.10. The van der Waals surface area contributed by atoms with Gasteiger partial charge in [-0.05, 0) is 122 Å². The summed E-state index contributed by atoms with van der Waals surface area (Å²) in [5.41, 5.74) is 13.5. The molecular formula is C34H42N+. The van der Waals surface area contributed by atoms with Gasteiger partial charge in [-0.3, -0.25) is 0 Å². The first-order chi connectivity index (χ1) is 16.7. The molecule has 0 spiro atoms. The van der Waals surface area contributed by atoms with Gasteiger partial charge in [-0.25, -0.2) is 0 Å². The highest BCUT2D eigenvalue weighted by Gasteiger charge is 2.23. The van der Waals surface area contributed by atoms with Gasteiger partial charge in [0, 0.05) is 5.56 Å². The van der Waals surface area contributed by atoms with E-state index in [0.29, 0.717) is 0 Å². The topological polar surface area (TPSA) is 0 Å². The Morgan fingerprint density at radius 3 is 1.49 bits per heavy atom. The molecule has 0 saturated heterocycles. The summed E-state index contributed by atoms with van der Waals surface area (Å²) in [6.07, 6.45) is 0. The van der Waals surface area contributed by atoms with E-state index in [-0.39, 0.29) is 0 Å². The molecule has 35 heavy (non-hydrogen) atoms. The van der Waals surface area contributed by atoms with Crippen molar-refractivity contribution in [3.63, 3.8) is 0 Å². The van der Waals surface area contributed by atoms with E-state index >= 15 is 0 Å². The van der Waals surface area contributed by atoms with Crippen LogP contribution in [0.3, 0.4) is 0 Å². The van der Waals surface area contributed by atoms with Crippen LogP contribution in [0.1, 0.15) is 54.2 Å². The van der Waals surface area contributed by atoms with Crippen LogP contribution in [0.5, 0.6) is 0 Å². The number of nitrogens with zero attached hydrogens (tertiary/aromatic N) is 1. The fourth-order valence-electron chi connectivity index (χ4n) is 5.51. The second kappa shape index (κ2) is 9.99. The molecule has 0 aliphatic carbocycles. The van der Waals surface area contributed by atoms with Gasteiger partial charge >= 0.3 is 0 Å². The van der Waals surface area contributed by atoms with E-state index in [1.165, 1.54) is 86.0 Å². The Bertz CT molecular complexity index is 1360. The Morgan fingerprint density at radius 2 is 1.00 bits per heavy atom. The van der Waals surface area contributed by atoms with Gasteiger partial charge in [0.1, 0.15) is 6.54 Å². The van der Waals surface area contributed by atoms with Gasteiger partial charge < -0.3 is 4.48 Å². The highest BCUT2D eigenvalue weighted by molar-refractivity contribution is 6.05. The highest BCUT2D eigenvalue weighted by atomic mass is 15.3. The number of fused-ring (bicyclic) bond motifs is 1. The van der Waals surface area contributed by atoms with Crippen LogP contribution in [-0.2, 0) is 6.54 Å². The summed E-state index contributed by atoms with van der Waals surface area (Å²) in [6.45, 7) is 22.7. The van der Waals surface area contributed by atoms with Gasteiger partial charge in [0.15, 0.2) is 0 Å². The van der Waals surface area contributed by atoms with Crippen molar-refractivity contribution < 1.29 is 4.48 Å². The van der Waals surface area contributed by atoms with Crippen molar-refractivity contribution in [1.29, 1.82) is 0 Å². The molecule has 0 fully saturated rings. The second-order valence-corrected chi connectivity index (χ2v) is 10.6. The Balaban J connectivity index is 1.93. The molecule has 0 amide bonds. The predicted molar refractivity (Wildman–Crippen MR) is 154 cm³/mol. The van der Waals surface area contributed by atoms with Gasteiger partial charge in [-0.15, -0.1) is 0 Å². The van der Waals surface area contributed by atoms with Gasteiger partial charge in [0.2, 0.25) is 0 Å². The summed E-state index contributed by atoms with van der Waals surface area (Å²) in [6, 6.07) is 23.5. The van der Waals surface area contributed by atoms with E-state index in [1.54, 1.807) is 0 Å².